The molecular formula is C40H47N5O6. The minimum Gasteiger partial charge on any atom is -0.511 e. The van der Waals surface area contributed by atoms with E-state index in [4.69, 9.17) is 24.8 Å². The van der Waals surface area contributed by atoms with Crippen LogP contribution in [0.5, 0.6) is 0 Å². The molecule has 0 aromatic heterocycles. The summed E-state index contributed by atoms with van der Waals surface area (Å²) in [6.07, 6.45) is 7.35. The van der Waals surface area contributed by atoms with Gasteiger partial charge in [0.05, 0.1) is 53.3 Å². The van der Waals surface area contributed by atoms with Crippen LogP contribution < -0.4 is 10.6 Å². The fraction of sp³-hybridized carbons (Fsp3) is 0.450. The number of Topliss-reactive ketones (excluding diaryl/α,β-unsaturated/α-hetero) is 1. The van der Waals surface area contributed by atoms with E-state index in [0.717, 1.165) is 91.1 Å². The Balaban J connectivity index is 1.43. The first-order valence-corrected chi connectivity index (χ1v) is 17.9. The van der Waals surface area contributed by atoms with Crippen molar-refractivity contribution < 1.29 is 29.3 Å². The number of carboxylic acid groups (broad SMARTS) is 1. The maximum atomic E-state index is 13.0. The van der Waals surface area contributed by atoms with Crippen molar-refractivity contribution in [3.8, 4) is 0 Å². The SMILES string of the molecule is CCOC(C)C1=C(C)C2=NC1=CC1=NC(=CC3=C(C)C4=C(O)CC(=C5NC(=C2)[C@@H](C)[C@@H]5CCC(=O)NCC(=O)CCC(=O)O)C4=N3)C(CC)=C1C. The van der Waals surface area contributed by atoms with Gasteiger partial charge in [0.15, 0.2) is 5.78 Å². The molecule has 268 valence electrons. The van der Waals surface area contributed by atoms with Gasteiger partial charge in [-0.1, -0.05) is 13.8 Å². The molecular weight excluding hydrogens is 646 g/mol. The van der Waals surface area contributed by atoms with Crippen LogP contribution in [-0.2, 0) is 19.1 Å². The van der Waals surface area contributed by atoms with E-state index in [1.54, 1.807) is 0 Å². The third-order valence-corrected chi connectivity index (χ3v) is 10.7. The molecule has 0 radical (unpaired) electrons. The highest BCUT2D eigenvalue weighted by Crippen LogP contribution is 2.46. The van der Waals surface area contributed by atoms with Gasteiger partial charge >= 0.3 is 5.97 Å². The van der Waals surface area contributed by atoms with Gasteiger partial charge in [-0.2, -0.15) is 0 Å². The topological polar surface area (TPSA) is 162 Å². The normalized spacial score (nSPS) is 23.0. The summed E-state index contributed by atoms with van der Waals surface area (Å²) in [6, 6.07) is 0. The average molecular weight is 694 g/mol. The maximum Gasteiger partial charge on any atom is 0.303 e. The largest absolute Gasteiger partial charge is 0.511 e. The first-order chi connectivity index (χ1) is 24.3. The van der Waals surface area contributed by atoms with Gasteiger partial charge in [0.2, 0.25) is 5.91 Å². The number of allylic oxidation sites excluding steroid dienone is 11. The number of hydrogen-bond donors (Lipinski definition) is 4. The zero-order valence-electron chi connectivity index (χ0n) is 30.5. The molecule has 1 fully saturated rings. The summed E-state index contributed by atoms with van der Waals surface area (Å²) in [5, 5.41) is 26.6. The average Bonchev–Trinajstić information content (AvgIpc) is 3.84. The third kappa shape index (κ3) is 6.79. The molecule has 3 atom stereocenters. The van der Waals surface area contributed by atoms with Crippen LogP contribution in [0, 0.1) is 11.8 Å². The van der Waals surface area contributed by atoms with Crippen molar-refractivity contribution in [2.45, 2.75) is 93.1 Å². The van der Waals surface area contributed by atoms with E-state index in [-0.39, 0.29) is 61.2 Å². The smallest absolute Gasteiger partial charge is 0.303 e. The number of carbonyl (C=O) groups is 3. The fourth-order valence-corrected chi connectivity index (χ4v) is 7.88. The number of carbonyl (C=O) groups excluding carboxylic acids is 2. The Hall–Kier alpha value is -4.90. The summed E-state index contributed by atoms with van der Waals surface area (Å²) in [6.45, 7) is 14.8. The quantitative estimate of drug-likeness (QED) is 0.184. The van der Waals surface area contributed by atoms with Crippen LogP contribution in [0.4, 0.5) is 0 Å². The summed E-state index contributed by atoms with van der Waals surface area (Å²) >= 11 is 0. The first kappa shape index (κ1) is 35.9. The molecule has 0 saturated carbocycles. The number of ketones is 1. The lowest BCUT2D eigenvalue weighted by Crippen LogP contribution is -2.30. The molecule has 11 heteroatoms. The van der Waals surface area contributed by atoms with E-state index in [2.05, 4.69) is 50.5 Å². The van der Waals surface area contributed by atoms with Crippen molar-refractivity contribution in [1.29, 1.82) is 0 Å². The standard InChI is InChI=1S/C40H47N5O6/c1-8-25-19(3)28-17-33-37(23(7)51-9-2)21(5)30(43-33)15-29-20(4)26(11-12-35(48)41-18-24(46)10-13-36(49)50)39(44-29)27-14-34(47)38-22(6)31(45-40(27)38)16-32(25)42-28/h15-17,20,23,26,44,47H,8-14,18H2,1-7H3,(H,41,48)(H,49,50)/t20-,23?,26-/m0/s1. The zero-order chi connectivity index (χ0) is 36.7. The fourth-order valence-electron chi connectivity index (χ4n) is 7.88. The number of aliphatic imine (C=N–C) groups is 3. The van der Waals surface area contributed by atoms with E-state index in [1.807, 2.05) is 26.8 Å². The Bertz CT molecular complexity index is 1970. The van der Waals surface area contributed by atoms with Crippen molar-refractivity contribution >= 4 is 34.8 Å². The number of amides is 1. The molecule has 5 heterocycles. The Morgan fingerprint density at radius 3 is 2.41 bits per heavy atom. The number of fused-ring (bicyclic) bond motifs is 5. The Morgan fingerprint density at radius 1 is 0.980 bits per heavy atom. The second kappa shape index (κ2) is 14.4. The Morgan fingerprint density at radius 2 is 1.71 bits per heavy atom. The summed E-state index contributed by atoms with van der Waals surface area (Å²) in [5.74, 6) is -1.54. The van der Waals surface area contributed by atoms with Crippen molar-refractivity contribution in [1.82, 2.24) is 10.6 Å². The molecule has 6 aliphatic rings. The second-order valence-corrected chi connectivity index (χ2v) is 13.9. The highest BCUT2D eigenvalue weighted by Gasteiger charge is 2.41. The minimum atomic E-state index is -1.05. The molecule has 1 saturated heterocycles. The van der Waals surface area contributed by atoms with E-state index in [9.17, 15) is 19.5 Å². The van der Waals surface area contributed by atoms with E-state index in [0.29, 0.717) is 19.4 Å². The van der Waals surface area contributed by atoms with Crippen LogP contribution >= 0.6 is 0 Å². The molecule has 5 aliphatic heterocycles. The lowest BCUT2D eigenvalue weighted by molar-refractivity contribution is -0.138. The molecule has 0 aromatic rings. The summed E-state index contributed by atoms with van der Waals surface area (Å²) in [4.78, 5) is 51.3. The summed E-state index contributed by atoms with van der Waals surface area (Å²) in [7, 11) is 0. The Kier molecular flexibility index (Phi) is 10.1. The van der Waals surface area contributed by atoms with Crippen LogP contribution in [-0.4, -0.2) is 64.3 Å². The molecule has 11 nitrogen and oxygen atoms in total. The van der Waals surface area contributed by atoms with Crippen LogP contribution in [0.25, 0.3) is 0 Å². The number of nitrogens with one attached hydrogen (secondary N) is 2. The number of nitrogens with zero attached hydrogens (tertiary/aromatic N) is 3. The molecule has 1 amide bonds. The van der Waals surface area contributed by atoms with Crippen LogP contribution in [0.15, 0.2) is 106 Å². The highest BCUT2D eigenvalue weighted by molar-refractivity contribution is 6.21. The van der Waals surface area contributed by atoms with E-state index in [1.165, 1.54) is 0 Å². The summed E-state index contributed by atoms with van der Waals surface area (Å²) < 4.78 is 6.11. The monoisotopic (exact) mass is 693 g/mol. The molecule has 1 unspecified atom stereocenters. The molecule has 0 aromatic carbocycles. The number of ether oxygens (including phenoxy) is 1. The molecule has 0 spiro atoms. The predicted octanol–water partition coefficient (Wildman–Crippen LogP) is 6.41. The van der Waals surface area contributed by atoms with Crippen LogP contribution in [0.2, 0.25) is 0 Å². The zero-order valence-corrected chi connectivity index (χ0v) is 30.5. The molecule has 4 N–H and O–H groups in total. The highest BCUT2D eigenvalue weighted by atomic mass is 16.5. The van der Waals surface area contributed by atoms with Crippen molar-refractivity contribution in [2.24, 2.45) is 26.8 Å². The number of hydrogen-bond acceptors (Lipinski definition) is 9. The van der Waals surface area contributed by atoms with Crippen molar-refractivity contribution in [3.63, 3.8) is 0 Å². The van der Waals surface area contributed by atoms with Gasteiger partial charge in [-0.3, -0.25) is 14.4 Å². The minimum absolute atomic E-state index is 0.0361. The van der Waals surface area contributed by atoms with Crippen molar-refractivity contribution in [3.05, 3.63) is 91.5 Å². The lowest BCUT2D eigenvalue weighted by Gasteiger charge is -2.18. The number of aliphatic carboxylic acids is 1. The van der Waals surface area contributed by atoms with E-state index < -0.39 is 5.97 Å². The lowest BCUT2D eigenvalue weighted by atomic mass is 9.86. The van der Waals surface area contributed by atoms with Gasteiger partial charge in [0.1, 0.15) is 5.76 Å². The van der Waals surface area contributed by atoms with Gasteiger partial charge in [-0.15, -0.1) is 0 Å². The van der Waals surface area contributed by atoms with Gasteiger partial charge in [0.25, 0.3) is 0 Å². The molecule has 8 bridgehead atoms. The van der Waals surface area contributed by atoms with Gasteiger partial charge < -0.3 is 25.6 Å². The first-order valence-electron chi connectivity index (χ1n) is 17.9. The number of aliphatic hydroxyl groups is 1. The van der Waals surface area contributed by atoms with Crippen molar-refractivity contribution in [2.75, 3.05) is 13.2 Å². The number of rotatable bonds is 12. The van der Waals surface area contributed by atoms with E-state index >= 15 is 0 Å². The van der Waals surface area contributed by atoms with Gasteiger partial charge in [0, 0.05) is 65.8 Å². The van der Waals surface area contributed by atoms with Crippen LogP contribution in [0.3, 0.4) is 0 Å². The number of aliphatic hydroxyl groups excluding tert-OH is 1. The number of carboxylic acids is 1. The summed E-state index contributed by atoms with van der Waals surface area (Å²) in [5.41, 5.74) is 13.5. The second-order valence-electron chi connectivity index (χ2n) is 13.9. The van der Waals surface area contributed by atoms with Crippen LogP contribution in [0.1, 0.15) is 87.0 Å². The van der Waals surface area contributed by atoms with Gasteiger partial charge in [-0.05, 0) is 88.0 Å². The Labute approximate surface area is 298 Å². The van der Waals surface area contributed by atoms with Gasteiger partial charge in [-0.25, -0.2) is 15.0 Å². The maximum absolute atomic E-state index is 13.0. The third-order valence-electron chi connectivity index (χ3n) is 10.7. The predicted molar refractivity (Wildman–Crippen MR) is 197 cm³/mol. The molecule has 51 heavy (non-hydrogen) atoms. The molecule has 1 aliphatic carbocycles. The molecule has 6 rings (SSSR count).